The molecule has 0 radical (unpaired) electrons. The molecule has 0 aliphatic rings. The molecule has 0 atom stereocenters. The minimum absolute atomic E-state index is 0.761. The average Bonchev–Trinajstić information content (AvgIpc) is 2.74. The van der Waals surface area contributed by atoms with E-state index in [1.807, 2.05) is 36.5 Å². The summed E-state index contributed by atoms with van der Waals surface area (Å²) in [5.74, 6) is 0. The molecular weight excluding hydrogens is 188 g/mol. The summed E-state index contributed by atoms with van der Waals surface area (Å²) < 4.78 is 1.72. The van der Waals surface area contributed by atoms with Crippen LogP contribution in [0.1, 0.15) is 0 Å². The summed E-state index contributed by atoms with van der Waals surface area (Å²) in [6.45, 7) is 0. The third-order valence-corrected chi connectivity index (χ3v) is 2.22. The van der Waals surface area contributed by atoms with Crippen LogP contribution >= 0.6 is 0 Å². The van der Waals surface area contributed by atoms with E-state index >= 15 is 0 Å². The number of benzene rings is 1. The van der Waals surface area contributed by atoms with E-state index in [2.05, 4.69) is 15.1 Å². The van der Waals surface area contributed by atoms with Crippen LogP contribution in [0.5, 0.6) is 0 Å². The number of rotatable bonds is 1. The van der Waals surface area contributed by atoms with Gasteiger partial charge in [0.05, 0.1) is 18.1 Å². The molecule has 0 saturated heterocycles. The zero-order chi connectivity index (χ0) is 10.1. The van der Waals surface area contributed by atoms with E-state index in [-0.39, 0.29) is 0 Å². The van der Waals surface area contributed by atoms with Crippen molar-refractivity contribution in [1.82, 2.24) is 19.6 Å². The molecule has 0 unspecified atom stereocenters. The summed E-state index contributed by atoms with van der Waals surface area (Å²) in [6, 6.07) is 10.0. The van der Waals surface area contributed by atoms with E-state index in [0.717, 1.165) is 16.9 Å². The van der Waals surface area contributed by atoms with Crippen LogP contribution in [0.2, 0.25) is 0 Å². The molecule has 0 saturated carbocycles. The molecule has 3 aromatic rings. The molecule has 4 nitrogen and oxygen atoms in total. The van der Waals surface area contributed by atoms with Gasteiger partial charge in [0, 0.05) is 5.56 Å². The van der Waals surface area contributed by atoms with Gasteiger partial charge in [-0.05, 0) is 0 Å². The smallest absolute Gasteiger partial charge is 0.172 e. The summed E-state index contributed by atoms with van der Waals surface area (Å²) in [4.78, 5) is 8.35. The third kappa shape index (κ3) is 1.36. The summed E-state index contributed by atoms with van der Waals surface area (Å²) in [6.07, 6.45) is 5.09. The highest BCUT2D eigenvalue weighted by atomic mass is 15.3. The number of nitrogens with zero attached hydrogens (tertiary/aromatic N) is 4. The van der Waals surface area contributed by atoms with Crippen LogP contribution in [0.15, 0.2) is 49.1 Å². The first kappa shape index (κ1) is 8.11. The highest BCUT2D eigenvalue weighted by molar-refractivity contribution is 5.61. The number of hydrogen-bond acceptors (Lipinski definition) is 3. The summed E-state index contributed by atoms with van der Waals surface area (Å²) >= 11 is 0. The van der Waals surface area contributed by atoms with Crippen LogP contribution in [-0.4, -0.2) is 19.6 Å². The third-order valence-electron chi connectivity index (χ3n) is 2.22. The Kier molecular flexibility index (Phi) is 1.71. The maximum absolute atomic E-state index is 4.42. The van der Waals surface area contributed by atoms with Crippen molar-refractivity contribution < 1.29 is 0 Å². The number of aromatic nitrogens is 4. The maximum Gasteiger partial charge on any atom is 0.172 e. The van der Waals surface area contributed by atoms with Crippen molar-refractivity contribution in [3.8, 4) is 11.3 Å². The molecule has 4 heteroatoms. The van der Waals surface area contributed by atoms with Crippen LogP contribution in [0.4, 0.5) is 0 Å². The Morgan fingerprint density at radius 1 is 1.07 bits per heavy atom. The largest absolute Gasteiger partial charge is 0.239 e. The van der Waals surface area contributed by atoms with Gasteiger partial charge in [-0.15, -0.1) is 0 Å². The predicted molar refractivity (Wildman–Crippen MR) is 56.2 cm³/mol. The molecule has 0 bridgehead atoms. The minimum atomic E-state index is 0.761. The van der Waals surface area contributed by atoms with Crippen molar-refractivity contribution in [2.75, 3.05) is 0 Å². The van der Waals surface area contributed by atoms with Crippen LogP contribution in [-0.2, 0) is 0 Å². The number of hydrogen-bond donors (Lipinski definition) is 0. The molecule has 3 rings (SSSR count). The van der Waals surface area contributed by atoms with Crippen molar-refractivity contribution in [2.24, 2.45) is 0 Å². The molecule has 2 heterocycles. The highest BCUT2D eigenvalue weighted by Crippen LogP contribution is 2.17. The first-order chi connectivity index (χ1) is 7.43. The highest BCUT2D eigenvalue weighted by Gasteiger charge is 2.03. The van der Waals surface area contributed by atoms with E-state index in [1.54, 1.807) is 10.7 Å². The second-order valence-electron chi connectivity index (χ2n) is 3.20. The molecule has 0 aliphatic heterocycles. The van der Waals surface area contributed by atoms with E-state index < -0.39 is 0 Å². The van der Waals surface area contributed by atoms with E-state index in [9.17, 15) is 0 Å². The van der Waals surface area contributed by atoms with Gasteiger partial charge < -0.3 is 0 Å². The van der Waals surface area contributed by atoms with Crippen LogP contribution in [0.25, 0.3) is 16.9 Å². The lowest BCUT2D eigenvalue weighted by molar-refractivity contribution is 0.898. The fourth-order valence-corrected chi connectivity index (χ4v) is 1.50. The molecule has 1 aromatic carbocycles. The first-order valence-corrected chi connectivity index (χ1v) is 4.64. The molecule has 0 spiro atoms. The molecular formula is C11H8N4. The van der Waals surface area contributed by atoms with E-state index in [1.165, 1.54) is 6.33 Å². The van der Waals surface area contributed by atoms with Crippen LogP contribution in [0, 0.1) is 0 Å². The Hall–Kier alpha value is -2.23. The fourth-order valence-electron chi connectivity index (χ4n) is 1.50. The lowest BCUT2D eigenvalue weighted by Crippen LogP contribution is -1.88. The van der Waals surface area contributed by atoms with Crippen LogP contribution < -0.4 is 0 Å². The molecule has 2 aromatic heterocycles. The van der Waals surface area contributed by atoms with Gasteiger partial charge in [-0.1, -0.05) is 30.3 Å². The topological polar surface area (TPSA) is 43.1 Å². The van der Waals surface area contributed by atoms with Gasteiger partial charge in [0.1, 0.15) is 6.33 Å². The maximum atomic E-state index is 4.42. The Morgan fingerprint density at radius 2 is 1.93 bits per heavy atom. The lowest BCUT2D eigenvalue weighted by atomic mass is 10.2. The predicted octanol–water partition coefficient (Wildman–Crippen LogP) is 1.79. The van der Waals surface area contributed by atoms with Crippen LogP contribution in [0.3, 0.4) is 0 Å². The second kappa shape index (κ2) is 3.16. The Labute approximate surface area is 86.2 Å². The fraction of sp³-hybridized carbons (Fsp3) is 0. The molecule has 0 amide bonds. The van der Waals surface area contributed by atoms with Crippen molar-refractivity contribution >= 4 is 5.65 Å². The zero-order valence-corrected chi connectivity index (χ0v) is 7.91. The standard InChI is InChI=1S/C11H8N4/c1-2-4-9(5-3-1)10-7-15-11(14-10)6-12-8-13-15/h1-8H. The Balaban J connectivity index is 2.21. The zero-order valence-electron chi connectivity index (χ0n) is 7.91. The summed E-state index contributed by atoms with van der Waals surface area (Å²) in [7, 11) is 0. The Bertz CT molecular complexity index is 553. The van der Waals surface area contributed by atoms with Gasteiger partial charge >= 0.3 is 0 Å². The van der Waals surface area contributed by atoms with Gasteiger partial charge in [-0.3, -0.25) is 0 Å². The normalized spacial score (nSPS) is 10.7. The lowest BCUT2D eigenvalue weighted by Gasteiger charge is -1.92. The molecule has 0 N–H and O–H groups in total. The van der Waals surface area contributed by atoms with Gasteiger partial charge in [-0.2, -0.15) is 5.10 Å². The minimum Gasteiger partial charge on any atom is -0.239 e. The van der Waals surface area contributed by atoms with Crippen molar-refractivity contribution in [2.45, 2.75) is 0 Å². The van der Waals surface area contributed by atoms with Crippen molar-refractivity contribution in [1.29, 1.82) is 0 Å². The Morgan fingerprint density at radius 3 is 2.73 bits per heavy atom. The van der Waals surface area contributed by atoms with Crippen molar-refractivity contribution in [3.05, 3.63) is 49.1 Å². The van der Waals surface area contributed by atoms with E-state index in [0.29, 0.717) is 0 Å². The molecule has 15 heavy (non-hydrogen) atoms. The van der Waals surface area contributed by atoms with Crippen molar-refractivity contribution in [3.63, 3.8) is 0 Å². The molecule has 0 fully saturated rings. The second-order valence-corrected chi connectivity index (χ2v) is 3.20. The van der Waals surface area contributed by atoms with Gasteiger partial charge in [0.2, 0.25) is 0 Å². The average molecular weight is 196 g/mol. The molecule has 0 aliphatic carbocycles. The number of imidazole rings is 1. The SMILES string of the molecule is c1ccc(-c2cn3ncncc3n2)cc1. The van der Waals surface area contributed by atoms with Gasteiger partial charge in [-0.25, -0.2) is 14.5 Å². The molecule has 72 valence electrons. The van der Waals surface area contributed by atoms with E-state index in [4.69, 9.17) is 0 Å². The summed E-state index contributed by atoms with van der Waals surface area (Å²) in [5, 5.41) is 4.07. The summed E-state index contributed by atoms with van der Waals surface area (Å²) in [5.41, 5.74) is 2.76. The van der Waals surface area contributed by atoms with Gasteiger partial charge in [0.15, 0.2) is 5.65 Å². The van der Waals surface area contributed by atoms with Gasteiger partial charge in [0.25, 0.3) is 0 Å². The quantitative estimate of drug-likeness (QED) is 0.596. The number of fused-ring (bicyclic) bond motifs is 1. The monoisotopic (exact) mass is 196 g/mol. The first-order valence-electron chi connectivity index (χ1n) is 4.64.